The number of ether oxygens (including phenoxy) is 3. The summed E-state index contributed by atoms with van der Waals surface area (Å²) in [5, 5.41) is 0. The number of amides is 1. The lowest BCUT2D eigenvalue weighted by Crippen LogP contribution is -2.39. The molecule has 28 heavy (non-hydrogen) atoms. The van der Waals surface area contributed by atoms with E-state index >= 15 is 0 Å². The summed E-state index contributed by atoms with van der Waals surface area (Å²) < 4.78 is 16.2. The van der Waals surface area contributed by atoms with E-state index in [9.17, 15) is 4.79 Å². The second-order valence-electron chi connectivity index (χ2n) is 6.79. The predicted octanol–water partition coefficient (Wildman–Crippen LogP) is 1.53. The maximum absolute atomic E-state index is 13.1. The molecule has 0 bridgehead atoms. The standard InChI is InChI=1S/C20H24N4O4/c1-26-17-11-14-4-6-24(13-15(14)12-18(17)27-2)19(25)16-3-5-21-20(22-16)23-7-9-28-10-8-23/h3,5,11-12H,4,6-10,13H2,1-2H3. The fourth-order valence-corrected chi connectivity index (χ4v) is 3.60. The Morgan fingerprint density at radius 1 is 1.07 bits per heavy atom. The molecule has 4 rings (SSSR count). The highest BCUT2D eigenvalue weighted by Gasteiger charge is 2.25. The Hall–Kier alpha value is -2.87. The van der Waals surface area contributed by atoms with Crippen molar-refractivity contribution >= 4 is 11.9 Å². The van der Waals surface area contributed by atoms with E-state index in [1.54, 1.807) is 26.5 Å². The first-order chi connectivity index (χ1) is 13.7. The first-order valence-corrected chi connectivity index (χ1v) is 9.38. The monoisotopic (exact) mass is 384 g/mol. The van der Waals surface area contributed by atoms with E-state index < -0.39 is 0 Å². The SMILES string of the molecule is COc1cc2c(cc1OC)CN(C(=O)c1ccnc(N3CCOCC3)n1)CC2. The van der Waals surface area contributed by atoms with Crippen molar-refractivity contribution in [2.75, 3.05) is 52.0 Å². The minimum Gasteiger partial charge on any atom is -0.493 e. The van der Waals surface area contributed by atoms with Crippen LogP contribution in [0.25, 0.3) is 0 Å². The first kappa shape index (κ1) is 18.5. The molecular weight excluding hydrogens is 360 g/mol. The van der Waals surface area contributed by atoms with E-state index in [4.69, 9.17) is 14.2 Å². The van der Waals surface area contributed by atoms with Crippen LogP contribution in [-0.4, -0.2) is 67.8 Å². The number of carbonyl (C=O) groups is 1. The molecule has 2 aromatic rings. The van der Waals surface area contributed by atoms with Crippen molar-refractivity contribution in [3.05, 3.63) is 41.2 Å². The van der Waals surface area contributed by atoms with E-state index in [0.717, 1.165) is 25.1 Å². The van der Waals surface area contributed by atoms with Crippen molar-refractivity contribution in [1.82, 2.24) is 14.9 Å². The van der Waals surface area contributed by atoms with Gasteiger partial charge in [-0.25, -0.2) is 9.97 Å². The van der Waals surface area contributed by atoms with Gasteiger partial charge in [0.05, 0.1) is 27.4 Å². The highest BCUT2D eigenvalue weighted by Crippen LogP contribution is 2.33. The van der Waals surface area contributed by atoms with Crippen LogP contribution in [0, 0.1) is 0 Å². The van der Waals surface area contributed by atoms with Gasteiger partial charge >= 0.3 is 0 Å². The van der Waals surface area contributed by atoms with Crippen LogP contribution < -0.4 is 14.4 Å². The molecule has 3 heterocycles. The summed E-state index contributed by atoms with van der Waals surface area (Å²) in [5.41, 5.74) is 2.67. The number of aromatic nitrogens is 2. The minimum absolute atomic E-state index is 0.0858. The molecule has 0 saturated carbocycles. The second-order valence-corrected chi connectivity index (χ2v) is 6.79. The van der Waals surface area contributed by atoms with Gasteiger partial charge in [0.1, 0.15) is 5.69 Å². The second kappa shape index (κ2) is 8.02. The highest BCUT2D eigenvalue weighted by molar-refractivity contribution is 5.92. The summed E-state index contributed by atoms with van der Waals surface area (Å²) in [5.74, 6) is 1.88. The fraction of sp³-hybridized carbons (Fsp3) is 0.450. The summed E-state index contributed by atoms with van der Waals surface area (Å²) in [7, 11) is 3.24. The number of benzene rings is 1. The molecule has 0 spiro atoms. The molecule has 0 unspecified atom stereocenters. The lowest BCUT2D eigenvalue weighted by molar-refractivity contribution is 0.0728. The number of fused-ring (bicyclic) bond motifs is 1. The van der Waals surface area contributed by atoms with Crippen LogP contribution in [0.15, 0.2) is 24.4 Å². The molecule has 148 valence electrons. The van der Waals surface area contributed by atoms with Crippen LogP contribution in [0.1, 0.15) is 21.6 Å². The van der Waals surface area contributed by atoms with Gasteiger partial charge in [-0.15, -0.1) is 0 Å². The van der Waals surface area contributed by atoms with Crippen molar-refractivity contribution in [2.24, 2.45) is 0 Å². The van der Waals surface area contributed by atoms with E-state index in [-0.39, 0.29) is 5.91 Å². The van der Waals surface area contributed by atoms with Gasteiger partial charge in [-0.05, 0) is 35.7 Å². The van der Waals surface area contributed by atoms with Gasteiger partial charge in [0.25, 0.3) is 5.91 Å². The number of rotatable bonds is 4. The predicted molar refractivity (Wildman–Crippen MR) is 103 cm³/mol. The molecule has 1 amide bonds. The van der Waals surface area contributed by atoms with E-state index in [1.807, 2.05) is 21.9 Å². The van der Waals surface area contributed by atoms with Crippen molar-refractivity contribution < 1.29 is 19.0 Å². The number of nitrogens with zero attached hydrogens (tertiary/aromatic N) is 4. The molecule has 8 nitrogen and oxygen atoms in total. The molecule has 2 aliphatic rings. The Morgan fingerprint density at radius 2 is 1.79 bits per heavy atom. The molecule has 0 atom stereocenters. The van der Waals surface area contributed by atoms with Crippen LogP contribution >= 0.6 is 0 Å². The summed E-state index contributed by atoms with van der Waals surface area (Å²) in [4.78, 5) is 25.8. The lowest BCUT2D eigenvalue weighted by atomic mass is 9.98. The van der Waals surface area contributed by atoms with E-state index in [1.165, 1.54) is 5.56 Å². The molecule has 2 aliphatic heterocycles. The minimum atomic E-state index is -0.0858. The van der Waals surface area contributed by atoms with Crippen molar-refractivity contribution in [3.8, 4) is 11.5 Å². The topological polar surface area (TPSA) is 77.0 Å². The maximum atomic E-state index is 13.1. The Balaban J connectivity index is 1.53. The van der Waals surface area contributed by atoms with Crippen LogP contribution in [0.3, 0.4) is 0 Å². The van der Waals surface area contributed by atoms with Crippen molar-refractivity contribution in [1.29, 1.82) is 0 Å². The quantitative estimate of drug-likeness (QED) is 0.791. The maximum Gasteiger partial charge on any atom is 0.272 e. The molecule has 0 N–H and O–H groups in total. The molecule has 1 fully saturated rings. The van der Waals surface area contributed by atoms with Gasteiger partial charge in [0.15, 0.2) is 11.5 Å². The zero-order valence-corrected chi connectivity index (χ0v) is 16.2. The smallest absolute Gasteiger partial charge is 0.272 e. The Kier molecular flexibility index (Phi) is 5.29. The van der Waals surface area contributed by atoms with E-state index in [2.05, 4.69) is 9.97 Å². The summed E-state index contributed by atoms with van der Waals surface area (Å²) in [6, 6.07) is 5.63. The Morgan fingerprint density at radius 3 is 2.50 bits per heavy atom. The van der Waals surface area contributed by atoms with Gasteiger partial charge < -0.3 is 24.0 Å². The number of hydrogen-bond donors (Lipinski definition) is 0. The third-order valence-corrected chi connectivity index (χ3v) is 5.16. The number of hydrogen-bond acceptors (Lipinski definition) is 7. The molecule has 1 aromatic heterocycles. The number of methoxy groups -OCH3 is 2. The van der Waals surface area contributed by atoms with Crippen LogP contribution in [0.5, 0.6) is 11.5 Å². The zero-order valence-electron chi connectivity index (χ0n) is 16.2. The third-order valence-electron chi connectivity index (χ3n) is 5.16. The van der Waals surface area contributed by atoms with Gasteiger partial charge in [0, 0.05) is 32.4 Å². The number of morpholine rings is 1. The number of anilines is 1. The summed E-state index contributed by atoms with van der Waals surface area (Å²) in [6.07, 6.45) is 2.42. The Labute approximate surface area is 164 Å². The molecular formula is C20H24N4O4. The first-order valence-electron chi connectivity index (χ1n) is 9.38. The average molecular weight is 384 g/mol. The summed E-state index contributed by atoms with van der Waals surface area (Å²) >= 11 is 0. The Bertz CT molecular complexity index is 867. The van der Waals surface area contributed by atoms with Gasteiger partial charge in [-0.2, -0.15) is 0 Å². The molecule has 1 saturated heterocycles. The number of carbonyl (C=O) groups excluding carboxylic acids is 1. The van der Waals surface area contributed by atoms with Crippen LogP contribution in [0.4, 0.5) is 5.95 Å². The van der Waals surface area contributed by atoms with E-state index in [0.29, 0.717) is 49.4 Å². The highest BCUT2D eigenvalue weighted by atomic mass is 16.5. The zero-order chi connectivity index (χ0) is 19.5. The molecule has 0 aliphatic carbocycles. The van der Waals surface area contributed by atoms with Gasteiger partial charge in [-0.1, -0.05) is 0 Å². The summed E-state index contributed by atoms with van der Waals surface area (Å²) in [6.45, 7) is 3.92. The van der Waals surface area contributed by atoms with Gasteiger partial charge in [-0.3, -0.25) is 4.79 Å². The third kappa shape index (κ3) is 3.60. The van der Waals surface area contributed by atoms with Crippen LogP contribution in [-0.2, 0) is 17.7 Å². The molecule has 0 radical (unpaired) electrons. The van der Waals surface area contributed by atoms with Gasteiger partial charge in [0.2, 0.25) is 5.95 Å². The normalized spacial score (nSPS) is 16.5. The lowest BCUT2D eigenvalue weighted by Gasteiger charge is -2.30. The largest absolute Gasteiger partial charge is 0.493 e. The van der Waals surface area contributed by atoms with Crippen LogP contribution in [0.2, 0.25) is 0 Å². The van der Waals surface area contributed by atoms with Crippen molar-refractivity contribution in [2.45, 2.75) is 13.0 Å². The molecule has 1 aromatic carbocycles. The molecule has 8 heteroatoms. The fourth-order valence-electron chi connectivity index (χ4n) is 3.60. The van der Waals surface area contributed by atoms with Crippen molar-refractivity contribution in [3.63, 3.8) is 0 Å². The average Bonchev–Trinajstić information content (AvgIpc) is 2.77.